The zero-order chi connectivity index (χ0) is 18.1. The lowest BCUT2D eigenvalue weighted by Gasteiger charge is -2.31. The summed E-state index contributed by atoms with van der Waals surface area (Å²) in [5.41, 5.74) is -3.33. The van der Waals surface area contributed by atoms with E-state index >= 15 is 0 Å². The summed E-state index contributed by atoms with van der Waals surface area (Å²) in [4.78, 5) is 3.59. The molecule has 1 aliphatic heterocycles. The zero-order valence-corrected chi connectivity index (χ0v) is 12.3. The highest BCUT2D eigenvalue weighted by atomic mass is 19.4. The van der Waals surface area contributed by atoms with Crippen LogP contribution in [0, 0.1) is 0 Å². The fraction of sp³-hybridized carbons (Fsp3) is 0.583. The van der Waals surface area contributed by atoms with Crippen molar-refractivity contribution in [1.29, 1.82) is 0 Å². The maximum Gasteiger partial charge on any atom is 0.451 e. The van der Waals surface area contributed by atoms with E-state index in [4.69, 9.17) is 0 Å². The van der Waals surface area contributed by atoms with E-state index in [0.29, 0.717) is 6.92 Å². The first-order valence-corrected chi connectivity index (χ1v) is 6.73. The molecule has 3 rings (SSSR count). The van der Waals surface area contributed by atoms with Gasteiger partial charge in [-0.2, -0.15) is 26.3 Å². The number of aliphatic hydroxyl groups is 1. The van der Waals surface area contributed by atoms with Gasteiger partial charge in [0.25, 0.3) is 0 Å². The van der Waals surface area contributed by atoms with Gasteiger partial charge in [-0.15, -0.1) is 10.2 Å². The Morgan fingerprint density at radius 2 is 1.75 bits per heavy atom. The summed E-state index contributed by atoms with van der Waals surface area (Å²) in [6.45, 7) is 1.65. The molecule has 132 valence electrons. The second kappa shape index (κ2) is 4.71. The van der Waals surface area contributed by atoms with Gasteiger partial charge in [-0.3, -0.25) is 4.57 Å². The van der Waals surface area contributed by atoms with Crippen LogP contribution in [-0.2, 0) is 18.3 Å². The molecule has 0 radical (unpaired) electrons. The molecule has 3 heterocycles. The van der Waals surface area contributed by atoms with Crippen LogP contribution < -0.4 is 0 Å². The first-order valence-electron chi connectivity index (χ1n) is 6.73. The first-order chi connectivity index (χ1) is 10.9. The minimum absolute atomic E-state index is 0.0729. The van der Waals surface area contributed by atoms with Crippen molar-refractivity contribution in [2.24, 2.45) is 0 Å². The number of rotatable bonds is 1. The molecule has 0 aromatic carbocycles. The number of hydrogen-bond donors (Lipinski definition) is 1. The number of imidazole rings is 1. The monoisotopic (exact) mass is 355 g/mol. The molecule has 1 N–H and O–H groups in total. The molecule has 2 aromatic rings. The molecule has 0 saturated carbocycles. The van der Waals surface area contributed by atoms with Crippen molar-refractivity contribution in [3.8, 4) is 11.5 Å². The summed E-state index contributed by atoms with van der Waals surface area (Å²) in [6, 6.07) is -0.823. The number of alkyl halides is 6. The van der Waals surface area contributed by atoms with Gasteiger partial charge in [0.2, 0.25) is 11.4 Å². The standard InChI is InChI=1S/C12H11F6N5O/c1-5-4-22-7(20-21-9(22)11(13,14)15)6-3-19-8(23(5)6)10(2,24)12(16,17)18/h3,5,24H,4H2,1-2H3/t5-,10?/m0/s1. The number of nitrogens with zero attached hydrogens (tertiary/aromatic N) is 5. The number of fused-ring (bicyclic) bond motifs is 3. The fourth-order valence-electron chi connectivity index (χ4n) is 2.68. The van der Waals surface area contributed by atoms with Gasteiger partial charge in [0, 0.05) is 6.54 Å². The summed E-state index contributed by atoms with van der Waals surface area (Å²) < 4.78 is 79.8. The zero-order valence-electron chi connectivity index (χ0n) is 12.3. The quantitative estimate of drug-likeness (QED) is 0.798. The first kappa shape index (κ1) is 16.7. The highest BCUT2D eigenvalue weighted by Gasteiger charge is 2.55. The Bertz CT molecular complexity index is 787. The number of aromatic nitrogens is 5. The minimum atomic E-state index is -5.00. The molecule has 6 nitrogen and oxygen atoms in total. The van der Waals surface area contributed by atoms with E-state index in [9.17, 15) is 31.4 Å². The lowest BCUT2D eigenvalue weighted by Crippen LogP contribution is -2.42. The summed E-state index contributed by atoms with van der Waals surface area (Å²) in [6.07, 6.45) is -8.80. The van der Waals surface area contributed by atoms with E-state index in [1.54, 1.807) is 0 Å². The van der Waals surface area contributed by atoms with E-state index in [2.05, 4.69) is 15.2 Å². The van der Waals surface area contributed by atoms with Crippen LogP contribution >= 0.6 is 0 Å². The third-order valence-electron chi connectivity index (χ3n) is 3.91. The van der Waals surface area contributed by atoms with Crippen LogP contribution in [0.2, 0.25) is 0 Å². The smallest absolute Gasteiger partial charge is 0.374 e. The minimum Gasteiger partial charge on any atom is -0.374 e. The second-order valence-corrected chi connectivity index (χ2v) is 5.71. The van der Waals surface area contributed by atoms with Crippen molar-refractivity contribution in [3.05, 3.63) is 17.8 Å². The Balaban J connectivity index is 2.19. The Hall–Kier alpha value is -2.11. The van der Waals surface area contributed by atoms with Gasteiger partial charge >= 0.3 is 12.4 Å². The second-order valence-electron chi connectivity index (χ2n) is 5.71. The van der Waals surface area contributed by atoms with Crippen molar-refractivity contribution in [1.82, 2.24) is 24.3 Å². The van der Waals surface area contributed by atoms with Crippen LogP contribution in [0.25, 0.3) is 11.5 Å². The van der Waals surface area contributed by atoms with Crippen LogP contribution in [0.3, 0.4) is 0 Å². The van der Waals surface area contributed by atoms with Crippen molar-refractivity contribution in [3.63, 3.8) is 0 Å². The SMILES string of the molecule is C[C@H]1Cn2c(nnc2C(F)(F)F)-c2cnc(C(C)(O)C(F)(F)F)n21. The Morgan fingerprint density at radius 1 is 1.12 bits per heavy atom. The Labute approximate surface area is 130 Å². The van der Waals surface area contributed by atoms with Gasteiger partial charge in [0.05, 0.1) is 12.2 Å². The van der Waals surface area contributed by atoms with E-state index < -0.39 is 35.6 Å². The fourth-order valence-corrected chi connectivity index (χ4v) is 2.68. The molecule has 1 aliphatic rings. The highest BCUT2D eigenvalue weighted by Crippen LogP contribution is 2.42. The van der Waals surface area contributed by atoms with E-state index in [1.807, 2.05) is 0 Å². The molecule has 0 aliphatic carbocycles. The van der Waals surface area contributed by atoms with Gasteiger partial charge in [0.1, 0.15) is 5.69 Å². The molecule has 24 heavy (non-hydrogen) atoms. The van der Waals surface area contributed by atoms with E-state index in [0.717, 1.165) is 15.3 Å². The maximum atomic E-state index is 13.1. The summed E-state index contributed by atoms with van der Waals surface area (Å²) in [7, 11) is 0. The van der Waals surface area contributed by atoms with Gasteiger partial charge in [0.15, 0.2) is 11.6 Å². The van der Waals surface area contributed by atoms with Crippen LogP contribution in [0.1, 0.15) is 31.5 Å². The summed E-state index contributed by atoms with van der Waals surface area (Å²) in [5, 5.41) is 16.3. The van der Waals surface area contributed by atoms with E-state index in [1.165, 1.54) is 6.92 Å². The molecule has 1 unspecified atom stereocenters. The third kappa shape index (κ3) is 2.19. The molecule has 12 heteroatoms. The predicted molar refractivity (Wildman–Crippen MR) is 66.6 cm³/mol. The van der Waals surface area contributed by atoms with Gasteiger partial charge < -0.3 is 9.67 Å². The molecule has 2 atom stereocenters. The molecule has 0 amide bonds. The van der Waals surface area contributed by atoms with Crippen molar-refractivity contribution in [2.45, 2.75) is 44.4 Å². The normalized spacial score (nSPS) is 20.5. The lowest BCUT2D eigenvalue weighted by molar-refractivity contribution is -0.262. The van der Waals surface area contributed by atoms with Crippen LogP contribution in [0.4, 0.5) is 26.3 Å². The lowest BCUT2D eigenvalue weighted by atomic mass is 10.0. The largest absolute Gasteiger partial charge is 0.451 e. The van der Waals surface area contributed by atoms with E-state index in [-0.39, 0.29) is 18.1 Å². The highest BCUT2D eigenvalue weighted by molar-refractivity contribution is 5.52. The Morgan fingerprint density at radius 3 is 2.29 bits per heavy atom. The third-order valence-corrected chi connectivity index (χ3v) is 3.91. The molecule has 0 saturated heterocycles. The Kier molecular flexibility index (Phi) is 3.28. The molecule has 0 bridgehead atoms. The van der Waals surface area contributed by atoms with Crippen molar-refractivity contribution in [2.75, 3.05) is 0 Å². The molecule has 0 fully saturated rings. The van der Waals surface area contributed by atoms with Crippen LogP contribution in [-0.4, -0.2) is 35.6 Å². The van der Waals surface area contributed by atoms with Gasteiger partial charge in [-0.25, -0.2) is 4.98 Å². The topological polar surface area (TPSA) is 68.8 Å². The average molecular weight is 355 g/mol. The maximum absolute atomic E-state index is 13.1. The number of halogens is 6. The van der Waals surface area contributed by atoms with Crippen LogP contribution in [0.5, 0.6) is 0 Å². The molecular formula is C12H11F6N5O. The summed E-state index contributed by atoms with van der Waals surface area (Å²) >= 11 is 0. The van der Waals surface area contributed by atoms with Crippen molar-refractivity contribution < 1.29 is 31.4 Å². The molecular weight excluding hydrogens is 344 g/mol. The van der Waals surface area contributed by atoms with Crippen LogP contribution in [0.15, 0.2) is 6.20 Å². The van der Waals surface area contributed by atoms with Gasteiger partial charge in [-0.1, -0.05) is 0 Å². The molecule has 0 spiro atoms. The van der Waals surface area contributed by atoms with Crippen molar-refractivity contribution >= 4 is 0 Å². The predicted octanol–water partition coefficient (Wildman–Crippen LogP) is 2.50. The summed E-state index contributed by atoms with van der Waals surface area (Å²) in [5.74, 6) is -2.20. The molecule has 2 aromatic heterocycles. The number of hydrogen-bond acceptors (Lipinski definition) is 4. The van der Waals surface area contributed by atoms with Gasteiger partial charge in [-0.05, 0) is 13.8 Å². The average Bonchev–Trinajstić information content (AvgIpc) is 2.99.